The zero-order valence-electron chi connectivity index (χ0n) is 28.5. The quantitative estimate of drug-likeness (QED) is 0.0828. The molecule has 0 aliphatic carbocycles. The Hall–Kier alpha value is -5.91. The number of nitrogens with zero attached hydrogens (tertiary/aromatic N) is 3. The SMILES string of the molecule is CC(C)Oc1cc(-c2ccc(COC(=O)C(Cc3ccc(OP(=O)(O)C(F)F)cc3)(c3ccccc3)n3nnc4ccccc43)cc2)ccc1C(=O)O. The third kappa shape index (κ3) is 7.96. The number of aromatic nitrogens is 3. The third-order valence-electron chi connectivity index (χ3n) is 8.40. The summed E-state index contributed by atoms with van der Waals surface area (Å²) < 4.78 is 55.8. The Kier molecular flexibility index (Phi) is 10.7. The molecule has 2 unspecified atom stereocenters. The van der Waals surface area contributed by atoms with Crippen LogP contribution in [0.4, 0.5) is 8.78 Å². The van der Waals surface area contributed by atoms with Gasteiger partial charge in [0.15, 0.2) is 5.54 Å². The van der Waals surface area contributed by atoms with E-state index in [1.54, 1.807) is 78.9 Å². The maximum absolute atomic E-state index is 14.7. The standard InChI is InChI=1S/C39H34F2N3O8P/c1-25(2)51-35-22-29(18-21-32(35)36(45)46)28-16-12-27(13-17-28)24-50-37(47)39(30-8-4-3-5-9-30,44-34-11-7-6-10-33(34)42-43-44)23-26-14-19-31(20-15-26)52-53(48,49)38(40)41/h3-22,25,38H,23-24H2,1-2H3,(H,45,46)(H,48,49). The summed E-state index contributed by atoms with van der Waals surface area (Å²) in [7, 11) is -5.20. The highest BCUT2D eigenvalue weighted by Crippen LogP contribution is 2.49. The Morgan fingerprint density at radius 3 is 2.15 bits per heavy atom. The van der Waals surface area contributed by atoms with Gasteiger partial charge in [-0.05, 0) is 78.1 Å². The number of benzene rings is 5. The van der Waals surface area contributed by atoms with Crippen LogP contribution < -0.4 is 9.26 Å². The van der Waals surface area contributed by atoms with Gasteiger partial charge in [0.05, 0.1) is 11.6 Å². The molecule has 6 rings (SSSR count). The number of rotatable bonds is 14. The number of aromatic carboxylic acids is 1. The number of carbonyl (C=O) groups excluding carboxylic acids is 1. The van der Waals surface area contributed by atoms with Gasteiger partial charge in [0.25, 0.3) is 0 Å². The highest BCUT2D eigenvalue weighted by molar-refractivity contribution is 7.53. The molecule has 11 nitrogen and oxygen atoms in total. The maximum atomic E-state index is 14.7. The molecular formula is C39H34F2N3O8P. The lowest BCUT2D eigenvalue weighted by Gasteiger charge is -2.33. The van der Waals surface area contributed by atoms with Gasteiger partial charge in [-0.2, -0.15) is 8.78 Å². The number of halogens is 2. The van der Waals surface area contributed by atoms with E-state index in [0.717, 1.165) is 11.1 Å². The summed E-state index contributed by atoms with van der Waals surface area (Å²) in [5.74, 6) is -1.75. The average Bonchev–Trinajstić information content (AvgIpc) is 3.58. The van der Waals surface area contributed by atoms with Crippen LogP contribution >= 0.6 is 7.60 Å². The van der Waals surface area contributed by atoms with Crippen LogP contribution in [0.2, 0.25) is 0 Å². The summed E-state index contributed by atoms with van der Waals surface area (Å²) in [5, 5.41) is 18.3. The number of para-hydroxylation sites is 1. The summed E-state index contributed by atoms with van der Waals surface area (Å²) in [6, 6.07) is 33.7. The van der Waals surface area contributed by atoms with Crippen LogP contribution in [0.3, 0.4) is 0 Å². The Balaban J connectivity index is 1.33. The molecule has 0 spiro atoms. The van der Waals surface area contributed by atoms with Crippen LogP contribution in [-0.2, 0) is 32.7 Å². The largest absolute Gasteiger partial charge is 0.490 e. The molecule has 0 saturated heterocycles. The fraction of sp³-hybridized carbons (Fsp3) is 0.179. The summed E-state index contributed by atoms with van der Waals surface area (Å²) in [6.45, 7) is 3.51. The van der Waals surface area contributed by atoms with Crippen molar-refractivity contribution in [3.8, 4) is 22.6 Å². The van der Waals surface area contributed by atoms with Crippen molar-refractivity contribution in [2.24, 2.45) is 0 Å². The number of carboxylic acid groups (broad SMARTS) is 1. The Morgan fingerprint density at radius 2 is 1.49 bits per heavy atom. The number of hydrogen-bond donors (Lipinski definition) is 2. The first-order valence-electron chi connectivity index (χ1n) is 16.4. The number of alkyl halides is 2. The van der Waals surface area contributed by atoms with Gasteiger partial charge in [-0.15, -0.1) is 5.10 Å². The first-order chi connectivity index (χ1) is 25.4. The van der Waals surface area contributed by atoms with E-state index in [0.29, 0.717) is 27.7 Å². The van der Waals surface area contributed by atoms with E-state index in [2.05, 4.69) is 14.8 Å². The minimum absolute atomic E-state index is 0.0405. The fourth-order valence-corrected chi connectivity index (χ4v) is 6.39. The van der Waals surface area contributed by atoms with Crippen LogP contribution in [0.15, 0.2) is 121 Å². The van der Waals surface area contributed by atoms with E-state index >= 15 is 0 Å². The average molecular weight is 742 g/mol. The van der Waals surface area contributed by atoms with Crippen molar-refractivity contribution in [3.05, 3.63) is 144 Å². The third-order valence-corrected chi connectivity index (χ3v) is 9.37. The second kappa shape index (κ2) is 15.4. The Labute approximate surface area is 302 Å². The molecule has 2 N–H and O–H groups in total. The summed E-state index contributed by atoms with van der Waals surface area (Å²) in [6.07, 6.45) is -3.85. The number of carbonyl (C=O) groups is 2. The van der Waals surface area contributed by atoms with Crippen molar-refractivity contribution in [1.82, 2.24) is 15.0 Å². The Bertz CT molecular complexity index is 2280. The van der Waals surface area contributed by atoms with Crippen LogP contribution in [0.5, 0.6) is 11.5 Å². The molecule has 0 bridgehead atoms. The lowest BCUT2D eigenvalue weighted by Crippen LogP contribution is -2.47. The van der Waals surface area contributed by atoms with Gasteiger partial charge in [0.2, 0.25) is 0 Å². The zero-order valence-corrected chi connectivity index (χ0v) is 29.4. The fourth-order valence-electron chi connectivity index (χ4n) is 5.89. The molecule has 0 saturated carbocycles. The number of carboxylic acids is 1. The van der Waals surface area contributed by atoms with Gasteiger partial charge >= 0.3 is 25.7 Å². The number of hydrogen-bond acceptors (Lipinski definition) is 8. The van der Waals surface area contributed by atoms with Crippen molar-refractivity contribution in [1.29, 1.82) is 0 Å². The number of esters is 1. The van der Waals surface area contributed by atoms with Crippen LogP contribution in [-0.4, -0.2) is 49.2 Å². The van der Waals surface area contributed by atoms with Crippen LogP contribution in [0, 0.1) is 0 Å². The van der Waals surface area contributed by atoms with E-state index < -0.39 is 31.2 Å². The van der Waals surface area contributed by atoms with Gasteiger partial charge in [0, 0.05) is 6.42 Å². The van der Waals surface area contributed by atoms with E-state index in [4.69, 9.17) is 9.47 Å². The molecule has 6 aromatic rings. The number of fused-ring (bicyclic) bond motifs is 1. The molecule has 5 aromatic carbocycles. The van der Waals surface area contributed by atoms with Gasteiger partial charge in [0.1, 0.15) is 29.2 Å². The monoisotopic (exact) mass is 741 g/mol. The molecule has 53 heavy (non-hydrogen) atoms. The molecule has 0 amide bonds. The topological polar surface area (TPSA) is 150 Å². The first kappa shape index (κ1) is 36.9. The molecule has 14 heteroatoms. The molecule has 1 aromatic heterocycles. The predicted octanol–water partition coefficient (Wildman–Crippen LogP) is 8.10. The molecule has 2 atom stereocenters. The summed E-state index contributed by atoms with van der Waals surface area (Å²) in [5.41, 5.74) is 2.75. The first-order valence-corrected chi connectivity index (χ1v) is 18.1. The lowest BCUT2D eigenvalue weighted by molar-refractivity contribution is -0.154. The van der Waals surface area contributed by atoms with Crippen LogP contribution in [0.1, 0.15) is 40.9 Å². The van der Waals surface area contributed by atoms with Crippen molar-refractivity contribution in [2.75, 3.05) is 0 Å². The van der Waals surface area contributed by atoms with Gasteiger partial charge in [-0.1, -0.05) is 90.1 Å². The highest BCUT2D eigenvalue weighted by Gasteiger charge is 2.46. The second-order valence-electron chi connectivity index (χ2n) is 12.4. The normalized spacial score (nSPS) is 13.7. The molecule has 0 aliphatic rings. The number of ether oxygens (including phenoxy) is 2. The van der Waals surface area contributed by atoms with Crippen molar-refractivity contribution < 1.29 is 46.9 Å². The molecule has 272 valence electrons. The summed E-state index contributed by atoms with van der Waals surface area (Å²) in [4.78, 5) is 35.9. The van der Waals surface area contributed by atoms with Crippen LogP contribution in [0.25, 0.3) is 22.2 Å². The molecule has 0 radical (unpaired) electrons. The second-order valence-corrected chi connectivity index (χ2v) is 14.1. The zero-order chi connectivity index (χ0) is 37.8. The van der Waals surface area contributed by atoms with Gasteiger partial charge in [-0.3, -0.25) is 0 Å². The minimum Gasteiger partial charge on any atom is -0.490 e. The Morgan fingerprint density at radius 1 is 0.849 bits per heavy atom. The molecule has 0 fully saturated rings. The molecule has 0 aliphatic heterocycles. The van der Waals surface area contributed by atoms with Crippen molar-refractivity contribution in [2.45, 2.75) is 44.7 Å². The maximum Gasteiger partial charge on any atom is 0.442 e. The summed E-state index contributed by atoms with van der Waals surface area (Å²) >= 11 is 0. The highest BCUT2D eigenvalue weighted by atomic mass is 31.2. The smallest absolute Gasteiger partial charge is 0.442 e. The molecular weight excluding hydrogens is 707 g/mol. The lowest BCUT2D eigenvalue weighted by atomic mass is 9.83. The van der Waals surface area contributed by atoms with E-state index in [-0.39, 0.29) is 36.2 Å². The van der Waals surface area contributed by atoms with E-state index in [1.807, 2.05) is 26.0 Å². The predicted molar refractivity (Wildman–Crippen MR) is 192 cm³/mol. The van der Waals surface area contributed by atoms with Gasteiger partial charge in [-0.25, -0.2) is 18.8 Å². The van der Waals surface area contributed by atoms with Crippen molar-refractivity contribution in [3.63, 3.8) is 0 Å². The van der Waals surface area contributed by atoms with E-state index in [1.165, 1.54) is 35.0 Å². The molecule has 1 heterocycles. The van der Waals surface area contributed by atoms with Crippen molar-refractivity contribution >= 4 is 30.6 Å². The van der Waals surface area contributed by atoms with E-state index in [9.17, 15) is 32.9 Å². The van der Waals surface area contributed by atoms with Gasteiger partial charge < -0.3 is 24.0 Å². The minimum atomic E-state index is -5.20.